The van der Waals surface area contributed by atoms with E-state index in [2.05, 4.69) is 9.94 Å². The van der Waals surface area contributed by atoms with Crippen LogP contribution in [-0.4, -0.2) is 52.9 Å². The first kappa shape index (κ1) is 22.8. The molecule has 0 saturated carbocycles. The van der Waals surface area contributed by atoms with E-state index in [1.165, 1.54) is 16.4 Å². The number of fused-ring (bicyclic) bond motifs is 1. The Balaban J connectivity index is 1.73. The lowest BCUT2D eigenvalue weighted by molar-refractivity contribution is -0.136. The van der Waals surface area contributed by atoms with Gasteiger partial charge in [-0.1, -0.05) is 25.1 Å². The van der Waals surface area contributed by atoms with Crippen LogP contribution in [0.3, 0.4) is 0 Å². The molecule has 0 radical (unpaired) electrons. The fourth-order valence-electron chi connectivity index (χ4n) is 4.33. The van der Waals surface area contributed by atoms with Crippen LogP contribution in [0.15, 0.2) is 53.4 Å². The number of aliphatic carboxylic acids is 1. The van der Waals surface area contributed by atoms with Crippen molar-refractivity contribution in [1.82, 2.24) is 14.1 Å². The number of ether oxygens (including phenoxy) is 1. The molecular weight excluding hydrogens is 444 g/mol. The average Bonchev–Trinajstić information content (AvgIpc) is 3.31. The van der Waals surface area contributed by atoms with E-state index in [1.54, 1.807) is 22.9 Å². The molecule has 1 N–H and O–H groups in total. The van der Waals surface area contributed by atoms with Gasteiger partial charge in [-0.05, 0) is 37.3 Å². The fraction of sp³-hybridized carbons (Fsp3) is 0.348. The maximum atomic E-state index is 13.4. The lowest BCUT2D eigenvalue weighted by Gasteiger charge is -2.17. The van der Waals surface area contributed by atoms with Crippen molar-refractivity contribution < 1.29 is 23.1 Å². The monoisotopic (exact) mass is 468 g/mol. The molecular formula is C23H24N4O5S. The summed E-state index contributed by atoms with van der Waals surface area (Å²) in [6.07, 6.45) is -1.15. The van der Waals surface area contributed by atoms with Crippen molar-refractivity contribution in [2.45, 2.75) is 37.4 Å². The number of para-hydroxylation sites is 1. The summed E-state index contributed by atoms with van der Waals surface area (Å²) < 4.78 is 35.2. The number of benzene rings is 2. The molecule has 2 aromatic carbocycles. The highest BCUT2D eigenvalue weighted by atomic mass is 32.2. The van der Waals surface area contributed by atoms with Gasteiger partial charge in [-0.2, -0.15) is 5.10 Å². The summed E-state index contributed by atoms with van der Waals surface area (Å²) in [7, 11) is -3.94. The molecule has 1 fully saturated rings. The molecule has 0 unspecified atom stereocenters. The normalized spacial score (nSPS) is 21.2. The third kappa shape index (κ3) is 4.05. The molecule has 0 amide bonds. The summed E-state index contributed by atoms with van der Waals surface area (Å²) in [4.78, 5) is 15.0. The number of carboxylic acid groups (broad SMARTS) is 1. The molecule has 1 aromatic heterocycles. The molecule has 3 atom stereocenters. The first-order chi connectivity index (χ1) is 15.8. The van der Waals surface area contributed by atoms with Gasteiger partial charge in [0.2, 0.25) is 10.0 Å². The predicted molar refractivity (Wildman–Crippen MR) is 121 cm³/mol. The first-order valence-electron chi connectivity index (χ1n) is 10.6. The summed E-state index contributed by atoms with van der Waals surface area (Å²) in [6.45, 7) is 11.9. The molecule has 1 aliphatic rings. The minimum Gasteiger partial charge on any atom is -0.494 e. The molecule has 9 nitrogen and oxygen atoms in total. The third-order valence-electron chi connectivity index (χ3n) is 5.94. The van der Waals surface area contributed by atoms with Gasteiger partial charge in [-0.15, -0.1) is 4.31 Å². The van der Waals surface area contributed by atoms with E-state index in [9.17, 15) is 18.3 Å². The van der Waals surface area contributed by atoms with Crippen LogP contribution in [-0.2, 0) is 21.2 Å². The van der Waals surface area contributed by atoms with Crippen LogP contribution in [0.5, 0.6) is 5.75 Å². The fourth-order valence-corrected chi connectivity index (χ4v) is 5.96. The number of hydrogen-bond acceptors (Lipinski definition) is 5. The van der Waals surface area contributed by atoms with Crippen molar-refractivity contribution in [3.8, 4) is 5.75 Å². The van der Waals surface area contributed by atoms with E-state index in [4.69, 9.17) is 11.3 Å². The molecule has 0 aliphatic carbocycles. The van der Waals surface area contributed by atoms with Crippen LogP contribution in [0.4, 0.5) is 0 Å². The lowest BCUT2D eigenvalue weighted by atomic mass is 10.0. The van der Waals surface area contributed by atoms with Gasteiger partial charge in [0, 0.05) is 11.9 Å². The largest absolute Gasteiger partial charge is 0.494 e. The van der Waals surface area contributed by atoms with Gasteiger partial charge in [0.05, 0.1) is 41.1 Å². The molecule has 0 spiro atoms. The van der Waals surface area contributed by atoms with Gasteiger partial charge in [0.25, 0.3) is 6.17 Å². The smallest absolute Gasteiger partial charge is 0.309 e. The van der Waals surface area contributed by atoms with E-state index in [0.29, 0.717) is 23.4 Å². The van der Waals surface area contributed by atoms with E-state index < -0.39 is 28.2 Å². The van der Waals surface area contributed by atoms with Crippen LogP contribution in [0.25, 0.3) is 15.7 Å². The highest BCUT2D eigenvalue weighted by Crippen LogP contribution is 2.39. The standard InChI is InChI=1S/C23H24N4O5S/c1-4-32-16-9-11-17(12-10-16)33(30,31)26-14-21(15(2)23(26)24-3)27-20-8-6-5-7-18(20)19(25-27)13-22(28)29/h5-12,15,21,23H,4,13-14H2,1-2H3,(H,28,29)/t15-,21+,23-/m1/s1. The highest BCUT2D eigenvalue weighted by molar-refractivity contribution is 7.89. The van der Waals surface area contributed by atoms with Crippen LogP contribution in [0.2, 0.25) is 0 Å². The minimum atomic E-state index is -3.94. The second kappa shape index (κ2) is 8.84. The van der Waals surface area contributed by atoms with Crippen LogP contribution in [0, 0.1) is 12.5 Å². The number of hydrogen-bond donors (Lipinski definition) is 1. The maximum absolute atomic E-state index is 13.4. The Bertz CT molecular complexity index is 1330. The molecule has 172 valence electrons. The second-order valence-corrected chi connectivity index (χ2v) is 9.82. The molecule has 3 aromatic rings. The average molecular weight is 469 g/mol. The second-order valence-electron chi connectivity index (χ2n) is 7.93. The van der Waals surface area contributed by atoms with E-state index >= 15 is 0 Å². The molecule has 2 heterocycles. The molecule has 1 saturated heterocycles. The molecule has 33 heavy (non-hydrogen) atoms. The Morgan fingerprint density at radius 3 is 2.58 bits per heavy atom. The summed E-state index contributed by atoms with van der Waals surface area (Å²) in [5.41, 5.74) is 1.13. The van der Waals surface area contributed by atoms with Gasteiger partial charge in [0.15, 0.2) is 0 Å². The van der Waals surface area contributed by atoms with Gasteiger partial charge in [-0.3, -0.25) is 14.3 Å². The summed E-state index contributed by atoms with van der Waals surface area (Å²) in [5, 5.41) is 14.5. The van der Waals surface area contributed by atoms with Crippen molar-refractivity contribution in [2.75, 3.05) is 13.2 Å². The molecule has 10 heteroatoms. The minimum absolute atomic E-state index is 0.0575. The predicted octanol–water partition coefficient (Wildman–Crippen LogP) is 3.19. The molecule has 4 rings (SSSR count). The van der Waals surface area contributed by atoms with Crippen molar-refractivity contribution >= 4 is 26.9 Å². The quantitative estimate of drug-likeness (QED) is 0.534. The Kier molecular flexibility index (Phi) is 6.10. The Hall–Kier alpha value is -3.42. The Morgan fingerprint density at radius 1 is 1.24 bits per heavy atom. The van der Waals surface area contributed by atoms with Crippen molar-refractivity contribution in [2.24, 2.45) is 5.92 Å². The van der Waals surface area contributed by atoms with Crippen molar-refractivity contribution in [3.63, 3.8) is 0 Å². The summed E-state index contributed by atoms with van der Waals surface area (Å²) in [6, 6.07) is 13.0. The zero-order chi connectivity index (χ0) is 23.8. The number of nitrogens with zero attached hydrogens (tertiary/aromatic N) is 4. The summed E-state index contributed by atoms with van der Waals surface area (Å²) in [5.74, 6) is -0.788. The van der Waals surface area contributed by atoms with Crippen molar-refractivity contribution in [3.05, 3.63) is 65.6 Å². The zero-order valence-electron chi connectivity index (χ0n) is 18.2. The summed E-state index contributed by atoms with van der Waals surface area (Å²) >= 11 is 0. The molecule has 1 aliphatic heterocycles. The Morgan fingerprint density at radius 2 is 1.94 bits per heavy atom. The first-order valence-corrected chi connectivity index (χ1v) is 12.0. The number of aromatic nitrogens is 2. The third-order valence-corrected chi connectivity index (χ3v) is 7.79. The van der Waals surface area contributed by atoms with Gasteiger partial charge in [0.1, 0.15) is 5.75 Å². The van der Waals surface area contributed by atoms with Gasteiger partial charge >= 0.3 is 5.97 Å². The number of sulfonamides is 1. The zero-order valence-corrected chi connectivity index (χ0v) is 19.1. The van der Waals surface area contributed by atoms with Crippen LogP contribution >= 0.6 is 0 Å². The highest BCUT2D eigenvalue weighted by Gasteiger charge is 2.51. The number of rotatable bonds is 7. The lowest BCUT2D eigenvalue weighted by Crippen LogP contribution is -2.35. The number of carbonyl (C=O) groups is 1. The van der Waals surface area contributed by atoms with Crippen LogP contribution in [0.1, 0.15) is 25.6 Å². The number of carboxylic acids is 1. The SMILES string of the molecule is [C-]#[N+][C@H]1[C@H](C)[C@@H](n2nc(CC(=O)O)c3ccccc32)CN1S(=O)(=O)c1ccc(OCC)cc1. The van der Waals surface area contributed by atoms with Gasteiger partial charge < -0.3 is 9.84 Å². The van der Waals surface area contributed by atoms with Crippen LogP contribution < -0.4 is 4.74 Å². The van der Waals surface area contributed by atoms with Crippen molar-refractivity contribution in [1.29, 1.82) is 0 Å². The van der Waals surface area contributed by atoms with E-state index in [0.717, 1.165) is 5.52 Å². The Labute approximate surface area is 192 Å². The maximum Gasteiger partial charge on any atom is 0.309 e. The van der Waals surface area contributed by atoms with Gasteiger partial charge in [-0.25, -0.2) is 15.0 Å². The van der Waals surface area contributed by atoms with E-state index in [-0.39, 0.29) is 23.8 Å². The van der Waals surface area contributed by atoms with E-state index in [1.807, 2.05) is 32.0 Å². The topological polar surface area (TPSA) is 106 Å². The molecule has 0 bridgehead atoms.